The molecule has 0 saturated carbocycles. The van der Waals surface area contributed by atoms with E-state index < -0.39 is 17.9 Å². The number of hydrogen-bond donors (Lipinski definition) is 3. The topological polar surface area (TPSA) is 130 Å². The third-order valence-corrected chi connectivity index (χ3v) is 1.97. The Labute approximate surface area is 119 Å². The minimum absolute atomic E-state index is 0.180. The first-order valence-corrected chi connectivity index (χ1v) is 5.41. The number of esters is 2. The molecule has 0 atom stereocenters. The number of hydrogen-bond acceptors (Lipinski definition) is 7. The van der Waals surface area contributed by atoms with Gasteiger partial charge in [-0.1, -0.05) is 0 Å². The predicted octanol–water partition coefficient (Wildman–Crippen LogP) is 0.685. The molecule has 0 aliphatic heterocycles. The van der Waals surface area contributed by atoms with Gasteiger partial charge in [0.25, 0.3) is 0 Å². The van der Waals surface area contributed by atoms with Crippen molar-refractivity contribution in [2.45, 2.75) is 0 Å². The smallest absolute Gasteiger partial charge is 0.339 e. The monoisotopic (exact) mass is 298 g/mol. The zero-order valence-electron chi connectivity index (χ0n) is 11.3. The van der Waals surface area contributed by atoms with Gasteiger partial charge in [0, 0.05) is 12.2 Å². The lowest BCUT2D eigenvalue weighted by atomic mass is 10.2. The number of aromatic hydroxyl groups is 2. The van der Waals surface area contributed by atoms with Gasteiger partial charge in [-0.05, 0) is 18.2 Å². The Morgan fingerprint density at radius 1 is 1.00 bits per heavy atom. The van der Waals surface area contributed by atoms with Crippen molar-refractivity contribution in [3.8, 4) is 11.5 Å². The number of phenols is 2. The van der Waals surface area contributed by atoms with Gasteiger partial charge in [0.1, 0.15) is 17.1 Å². The highest BCUT2D eigenvalue weighted by atomic mass is 16.5. The van der Waals surface area contributed by atoms with Crippen LogP contribution in [0.15, 0.2) is 30.4 Å². The first kappa shape index (κ1) is 18.0. The molecule has 8 heteroatoms. The molecule has 0 spiro atoms. The number of ether oxygens (including phenoxy) is 2. The predicted molar refractivity (Wildman–Crippen MR) is 69.9 cm³/mol. The van der Waals surface area contributed by atoms with Crippen molar-refractivity contribution in [3.63, 3.8) is 0 Å². The van der Waals surface area contributed by atoms with Gasteiger partial charge in [0.15, 0.2) is 0 Å². The normalized spacial score (nSPS) is 9.43. The number of aromatic carboxylic acids is 1. The molecule has 0 aliphatic rings. The van der Waals surface area contributed by atoms with Crippen LogP contribution in [0.4, 0.5) is 0 Å². The summed E-state index contributed by atoms with van der Waals surface area (Å²) in [6.07, 6.45) is 1.98. The van der Waals surface area contributed by atoms with Gasteiger partial charge in [-0.2, -0.15) is 0 Å². The average Bonchev–Trinajstić information content (AvgIpc) is 2.47. The van der Waals surface area contributed by atoms with E-state index in [4.69, 9.17) is 15.3 Å². The van der Waals surface area contributed by atoms with Gasteiger partial charge in [-0.3, -0.25) is 0 Å². The summed E-state index contributed by atoms with van der Waals surface area (Å²) in [5, 5.41) is 26.1. The lowest BCUT2D eigenvalue weighted by Crippen LogP contribution is -1.98. The minimum atomic E-state index is -1.27. The molecule has 0 saturated heterocycles. The second-order valence-corrected chi connectivity index (χ2v) is 3.39. The molecule has 1 aromatic rings. The summed E-state index contributed by atoms with van der Waals surface area (Å²) in [4.78, 5) is 30.9. The van der Waals surface area contributed by atoms with Crippen molar-refractivity contribution in [3.05, 3.63) is 35.9 Å². The van der Waals surface area contributed by atoms with Crippen LogP contribution in [-0.4, -0.2) is 47.4 Å². The molecule has 0 fully saturated rings. The average molecular weight is 298 g/mol. The highest BCUT2D eigenvalue weighted by Crippen LogP contribution is 2.21. The minimum Gasteiger partial charge on any atom is -0.508 e. The van der Waals surface area contributed by atoms with Crippen LogP contribution in [0.2, 0.25) is 0 Å². The van der Waals surface area contributed by atoms with Gasteiger partial charge >= 0.3 is 17.9 Å². The van der Waals surface area contributed by atoms with Crippen LogP contribution in [0.1, 0.15) is 10.4 Å². The van der Waals surface area contributed by atoms with Crippen LogP contribution in [0.25, 0.3) is 0 Å². The van der Waals surface area contributed by atoms with E-state index in [-0.39, 0.29) is 17.1 Å². The van der Waals surface area contributed by atoms with E-state index in [0.717, 1.165) is 24.3 Å². The third kappa shape index (κ3) is 7.21. The molecule has 114 valence electrons. The number of carbonyl (C=O) groups is 3. The van der Waals surface area contributed by atoms with Gasteiger partial charge < -0.3 is 24.8 Å². The van der Waals surface area contributed by atoms with Crippen LogP contribution in [-0.2, 0) is 19.1 Å². The highest BCUT2D eigenvalue weighted by molar-refractivity contribution is 5.91. The van der Waals surface area contributed by atoms with E-state index in [9.17, 15) is 14.4 Å². The summed E-state index contributed by atoms with van der Waals surface area (Å²) in [7, 11) is 2.45. The SMILES string of the molecule is COC(=O)/C=C/C(=O)OC.O=C(O)c1cc(O)ccc1O. The number of benzene rings is 1. The van der Waals surface area contributed by atoms with Gasteiger partial charge in [-0.15, -0.1) is 0 Å². The number of phenolic OH excluding ortho intramolecular Hbond substituents is 1. The van der Waals surface area contributed by atoms with Crippen LogP contribution >= 0.6 is 0 Å². The van der Waals surface area contributed by atoms with Crippen LogP contribution in [0.5, 0.6) is 11.5 Å². The summed E-state index contributed by atoms with van der Waals surface area (Å²) >= 11 is 0. The number of rotatable bonds is 3. The molecule has 0 heterocycles. The summed E-state index contributed by atoms with van der Waals surface area (Å²) < 4.78 is 8.42. The molecular weight excluding hydrogens is 284 g/mol. The maximum Gasteiger partial charge on any atom is 0.339 e. The van der Waals surface area contributed by atoms with Crippen molar-refractivity contribution in [2.24, 2.45) is 0 Å². The van der Waals surface area contributed by atoms with Crippen molar-refractivity contribution < 1.29 is 39.2 Å². The van der Waals surface area contributed by atoms with E-state index in [0.29, 0.717) is 0 Å². The van der Waals surface area contributed by atoms with E-state index in [2.05, 4.69) is 9.47 Å². The van der Waals surface area contributed by atoms with Crippen LogP contribution in [0, 0.1) is 0 Å². The maximum atomic E-state index is 10.3. The lowest BCUT2D eigenvalue weighted by molar-refractivity contribution is -0.137. The zero-order valence-corrected chi connectivity index (χ0v) is 11.3. The largest absolute Gasteiger partial charge is 0.508 e. The van der Waals surface area contributed by atoms with Crippen molar-refractivity contribution >= 4 is 17.9 Å². The molecule has 8 nitrogen and oxygen atoms in total. The number of carboxylic acid groups (broad SMARTS) is 1. The van der Waals surface area contributed by atoms with Crippen molar-refractivity contribution in [1.29, 1.82) is 0 Å². The molecule has 3 N–H and O–H groups in total. The van der Waals surface area contributed by atoms with Gasteiger partial charge in [0.05, 0.1) is 14.2 Å². The van der Waals surface area contributed by atoms with E-state index in [1.165, 1.54) is 20.3 Å². The fourth-order valence-electron chi connectivity index (χ4n) is 0.967. The number of carbonyl (C=O) groups excluding carboxylic acids is 2. The Morgan fingerprint density at radius 2 is 1.48 bits per heavy atom. The first-order chi connectivity index (χ1) is 9.81. The van der Waals surface area contributed by atoms with Gasteiger partial charge in [-0.25, -0.2) is 14.4 Å². The Hall–Kier alpha value is -3.03. The van der Waals surface area contributed by atoms with Crippen molar-refractivity contribution in [1.82, 2.24) is 0 Å². The van der Waals surface area contributed by atoms with E-state index >= 15 is 0 Å². The van der Waals surface area contributed by atoms with Crippen LogP contribution in [0.3, 0.4) is 0 Å². The maximum absolute atomic E-state index is 10.3. The highest BCUT2D eigenvalue weighted by Gasteiger charge is 2.08. The summed E-state index contributed by atoms with van der Waals surface area (Å²) in [6.45, 7) is 0. The lowest BCUT2D eigenvalue weighted by Gasteiger charge is -1.98. The quantitative estimate of drug-likeness (QED) is 0.422. The van der Waals surface area contributed by atoms with E-state index in [1.807, 2.05) is 0 Å². The van der Waals surface area contributed by atoms with Crippen molar-refractivity contribution in [2.75, 3.05) is 14.2 Å². The third-order valence-electron chi connectivity index (χ3n) is 1.97. The molecule has 1 aromatic carbocycles. The number of methoxy groups -OCH3 is 2. The molecule has 0 radical (unpaired) electrons. The standard InChI is InChI=1S/C7H6O4.C6H8O4/c8-4-1-2-6(9)5(3-4)7(10)11;1-9-5(7)3-4-6(8)10-2/h1-3,8-9H,(H,10,11);3-4H,1-2H3/b;4-3+. The summed E-state index contributed by atoms with van der Waals surface area (Å²) in [5.41, 5.74) is -0.301. The molecule has 0 aliphatic carbocycles. The molecule has 1 rings (SSSR count). The fraction of sp³-hybridized carbons (Fsp3) is 0.154. The Bertz CT molecular complexity index is 529. The summed E-state index contributed by atoms with van der Waals surface area (Å²) in [5.74, 6) is -2.95. The zero-order chi connectivity index (χ0) is 16.4. The van der Waals surface area contributed by atoms with Gasteiger partial charge in [0.2, 0.25) is 0 Å². The summed E-state index contributed by atoms with van der Waals surface area (Å²) in [6, 6.07) is 3.32. The first-order valence-electron chi connectivity index (χ1n) is 5.41. The molecule has 0 aromatic heterocycles. The number of carboxylic acids is 1. The molecular formula is C13H14O8. The second kappa shape index (κ2) is 8.97. The molecule has 0 amide bonds. The molecule has 0 unspecified atom stereocenters. The Morgan fingerprint density at radius 3 is 1.81 bits per heavy atom. The fourth-order valence-corrected chi connectivity index (χ4v) is 0.967. The Balaban J connectivity index is 0.000000384. The molecule has 21 heavy (non-hydrogen) atoms. The Kier molecular flexibility index (Phi) is 7.67. The second-order valence-electron chi connectivity index (χ2n) is 3.39. The molecule has 0 bridgehead atoms. The van der Waals surface area contributed by atoms with Crippen LogP contribution < -0.4 is 0 Å². The van der Waals surface area contributed by atoms with E-state index in [1.54, 1.807) is 0 Å².